The first-order chi connectivity index (χ1) is 10.3. The van der Waals surface area contributed by atoms with Gasteiger partial charge in [-0.3, -0.25) is 14.2 Å². The summed E-state index contributed by atoms with van der Waals surface area (Å²) >= 11 is 0. The number of aromatic nitrogens is 4. The van der Waals surface area contributed by atoms with E-state index in [1.807, 2.05) is 27.1 Å². The number of aryl methyl sites for hydroxylation is 3. The summed E-state index contributed by atoms with van der Waals surface area (Å²) in [6, 6.07) is 1.07. The number of rotatable bonds is 5. The second kappa shape index (κ2) is 6.25. The maximum Gasteiger partial charge on any atom is 0.282 e. The van der Waals surface area contributed by atoms with Crippen LogP contribution in [-0.2, 0) is 18.4 Å². The molecule has 0 aromatic carbocycles. The topological polar surface area (TPSA) is 64.7 Å². The molecule has 0 aliphatic carbocycles. The van der Waals surface area contributed by atoms with Gasteiger partial charge in [-0.25, -0.2) is 8.78 Å². The summed E-state index contributed by atoms with van der Waals surface area (Å²) in [7, 11) is 1.81. The van der Waals surface area contributed by atoms with Gasteiger partial charge in [-0.2, -0.15) is 10.2 Å². The van der Waals surface area contributed by atoms with Gasteiger partial charge in [-0.15, -0.1) is 0 Å². The number of halogens is 2. The molecule has 1 N–H and O–H groups in total. The summed E-state index contributed by atoms with van der Waals surface area (Å²) < 4.78 is 28.1. The van der Waals surface area contributed by atoms with Crippen LogP contribution in [0.2, 0.25) is 0 Å². The SMILES string of the molecule is Cc1nn(C)cc1C(C)NC(=O)Cn1nc(C(F)F)cc1C. The van der Waals surface area contributed by atoms with Gasteiger partial charge in [0.1, 0.15) is 12.2 Å². The highest BCUT2D eigenvalue weighted by atomic mass is 19.3. The number of alkyl halides is 2. The molecule has 0 spiro atoms. The van der Waals surface area contributed by atoms with Crippen LogP contribution in [0, 0.1) is 13.8 Å². The van der Waals surface area contributed by atoms with Crippen molar-refractivity contribution in [3.63, 3.8) is 0 Å². The summed E-state index contributed by atoms with van der Waals surface area (Å²) in [5.41, 5.74) is 1.96. The summed E-state index contributed by atoms with van der Waals surface area (Å²) in [6.07, 6.45) is -0.797. The lowest BCUT2D eigenvalue weighted by Gasteiger charge is -2.13. The molecule has 2 heterocycles. The van der Waals surface area contributed by atoms with Crippen molar-refractivity contribution in [2.75, 3.05) is 0 Å². The number of hydrogen-bond acceptors (Lipinski definition) is 3. The third-order valence-electron chi connectivity index (χ3n) is 3.41. The van der Waals surface area contributed by atoms with Crippen molar-refractivity contribution < 1.29 is 13.6 Å². The van der Waals surface area contributed by atoms with Crippen LogP contribution >= 0.6 is 0 Å². The Hall–Kier alpha value is -2.25. The van der Waals surface area contributed by atoms with Crippen LogP contribution in [0.5, 0.6) is 0 Å². The zero-order valence-electron chi connectivity index (χ0n) is 13.0. The molecule has 0 radical (unpaired) electrons. The highest BCUT2D eigenvalue weighted by Crippen LogP contribution is 2.18. The van der Waals surface area contributed by atoms with E-state index in [4.69, 9.17) is 0 Å². The van der Waals surface area contributed by atoms with Crippen LogP contribution < -0.4 is 5.32 Å². The molecule has 0 saturated carbocycles. The molecule has 1 amide bonds. The van der Waals surface area contributed by atoms with E-state index in [-0.39, 0.29) is 24.2 Å². The van der Waals surface area contributed by atoms with Crippen molar-refractivity contribution in [1.29, 1.82) is 0 Å². The Kier molecular flexibility index (Phi) is 4.58. The Balaban J connectivity index is 2.02. The molecule has 0 bridgehead atoms. The second-order valence-electron chi connectivity index (χ2n) is 5.30. The fourth-order valence-electron chi connectivity index (χ4n) is 2.35. The zero-order chi connectivity index (χ0) is 16.4. The third kappa shape index (κ3) is 3.49. The van der Waals surface area contributed by atoms with Crippen LogP contribution in [-0.4, -0.2) is 25.5 Å². The van der Waals surface area contributed by atoms with E-state index in [9.17, 15) is 13.6 Å². The highest BCUT2D eigenvalue weighted by Gasteiger charge is 2.17. The Morgan fingerprint density at radius 3 is 2.55 bits per heavy atom. The van der Waals surface area contributed by atoms with E-state index in [1.54, 1.807) is 11.6 Å². The fraction of sp³-hybridized carbons (Fsp3) is 0.500. The Labute approximate surface area is 127 Å². The van der Waals surface area contributed by atoms with Crippen LogP contribution in [0.4, 0.5) is 8.78 Å². The maximum absolute atomic E-state index is 12.6. The minimum Gasteiger partial charge on any atom is -0.348 e. The molecule has 22 heavy (non-hydrogen) atoms. The smallest absolute Gasteiger partial charge is 0.282 e. The van der Waals surface area contributed by atoms with Crippen molar-refractivity contribution in [2.45, 2.75) is 39.8 Å². The minimum atomic E-state index is -2.64. The predicted molar refractivity (Wildman–Crippen MR) is 76.4 cm³/mol. The molecule has 0 saturated heterocycles. The molecule has 120 valence electrons. The zero-order valence-corrected chi connectivity index (χ0v) is 13.0. The molecular weight excluding hydrogens is 292 g/mol. The lowest BCUT2D eigenvalue weighted by Crippen LogP contribution is -2.31. The van der Waals surface area contributed by atoms with Gasteiger partial charge in [-0.05, 0) is 26.8 Å². The van der Waals surface area contributed by atoms with E-state index in [0.29, 0.717) is 5.69 Å². The summed E-state index contributed by atoms with van der Waals surface area (Å²) in [6.45, 7) is 5.26. The Morgan fingerprint density at radius 1 is 1.36 bits per heavy atom. The van der Waals surface area contributed by atoms with Crippen LogP contribution in [0.25, 0.3) is 0 Å². The third-order valence-corrected chi connectivity index (χ3v) is 3.41. The van der Waals surface area contributed by atoms with Gasteiger partial charge in [0, 0.05) is 24.5 Å². The summed E-state index contributed by atoms with van der Waals surface area (Å²) in [5, 5.41) is 10.8. The quantitative estimate of drug-likeness (QED) is 0.919. The molecule has 0 aliphatic heterocycles. The number of carbonyl (C=O) groups excluding carboxylic acids is 1. The molecule has 2 aromatic rings. The van der Waals surface area contributed by atoms with Gasteiger partial charge >= 0.3 is 0 Å². The van der Waals surface area contributed by atoms with Crippen molar-refractivity contribution in [1.82, 2.24) is 24.9 Å². The van der Waals surface area contributed by atoms with E-state index < -0.39 is 6.43 Å². The standard InChI is InChI=1S/C14H19F2N5O/c1-8-5-12(14(15)16)19-21(8)7-13(22)17-9(2)11-6-20(4)18-10(11)3/h5-6,9,14H,7H2,1-4H3,(H,17,22). The van der Waals surface area contributed by atoms with Crippen LogP contribution in [0.1, 0.15) is 42.0 Å². The molecule has 6 nitrogen and oxygen atoms in total. The van der Waals surface area contributed by atoms with Crippen LogP contribution in [0.3, 0.4) is 0 Å². The van der Waals surface area contributed by atoms with Gasteiger partial charge in [0.25, 0.3) is 6.43 Å². The molecule has 8 heteroatoms. The molecule has 1 atom stereocenters. The first-order valence-corrected chi connectivity index (χ1v) is 6.90. The van der Waals surface area contributed by atoms with Gasteiger partial charge < -0.3 is 5.32 Å². The monoisotopic (exact) mass is 311 g/mol. The second-order valence-corrected chi connectivity index (χ2v) is 5.30. The number of amides is 1. The van der Waals surface area contributed by atoms with Crippen molar-refractivity contribution in [3.05, 3.63) is 34.9 Å². The van der Waals surface area contributed by atoms with E-state index >= 15 is 0 Å². The Morgan fingerprint density at radius 2 is 2.05 bits per heavy atom. The summed E-state index contributed by atoms with van der Waals surface area (Å²) in [5.74, 6) is -0.289. The fourth-order valence-corrected chi connectivity index (χ4v) is 2.35. The maximum atomic E-state index is 12.6. The van der Waals surface area contributed by atoms with Gasteiger partial charge in [0.15, 0.2) is 0 Å². The largest absolute Gasteiger partial charge is 0.348 e. The van der Waals surface area contributed by atoms with E-state index in [0.717, 1.165) is 11.3 Å². The molecule has 0 fully saturated rings. The normalized spacial score (nSPS) is 12.7. The van der Waals surface area contributed by atoms with Crippen molar-refractivity contribution >= 4 is 5.91 Å². The van der Waals surface area contributed by atoms with Crippen LogP contribution in [0.15, 0.2) is 12.3 Å². The average Bonchev–Trinajstić information content (AvgIpc) is 2.93. The highest BCUT2D eigenvalue weighted by molar-refractivity contribution is 5.76. The molecule has 2 aromatic heterocycles. The van der Waals surface area contributed by atoms with Crippen molar-refractivity contribution in [2.24, 2.45) is 7.05 Å². The van der Waals surface area contributed by atoms with Crippen molar-refractivity contribution in [3.8, 4) is 0 Å². The number of nitrogens with one attached hydrogen (secondary N) is 1. The number of carbonyl (C=O) groups is 1. The number of nitrogens with zero attached hydrogens (tertiary/aromatic N) is 4. The van der Waals surface area contributed by atoms with E-state index in [2.05, 4.69) is 15.5 Å². The first kappa shape index (κ1) is 16.1. The van der Waals surface area contributed by atoms with Gasteiger partial charge in [-0.1, -0.05) is 0 Å². The average molecular weight is 311 g/mol. The summed E-state index contributed by atoms with van der Waals surface area (Å²) in [4.78, 5) is 12.1. The molecule has 1 unspecified atom stereocenters. The molecule has 0 aliphatic rings. The molecule has 2 rings (SSSR count). The van der Waals surface area contributed by atoms with Gasteiger partial charge in [0.05, 0.1) is 11.7 Å². The lowest BCUT2D eigenvalue weighted by molar-refractivity contribution is -0.122. The first-order valence-electron chi connectivity index (χ1n) is 6.90. The lowest BCUT2D eigenvalue weighted by atomic mass is 10.1. The molecular formula is C14H19F2N5O. The number of hydrogen-bond donors (Lipinski definition) is 1. The van der Waals surface area contributed by atoms with E-state index in [1.165, 1.54) is 10.7 Å². The predicted octanol–water partition coefficient (Wildman–Crippen LogP) is 2.05. The Bertz CT molecular complexity index is 677. The minimum absolute atomic E-state index is 0.0950. The van der Waals surface area contributed by atoms with Gasteiger partial charge in [0.2, 0.25) is 5.91 Å².